The molecule has 0 aliphatic heterocycles. The van der Waals surface area contributed by atoms with E-state index in [4.69, 9.17) is 5.73 Å². The van der Waals surface area contributed by atoms with Gasteiger partial charge in [0.1, 0.15) is 0 Å². The Labute approximate surface area is 98.6 Å². The maximum absolute atomic E-state index is 11.8. The Morgan fingerprint density at radius 3 is 2.62 bits per heavy atom. The van der Waals surface area contributed by atoms with E-state index in [1.54, 1.807) is 4.90 Å². The molecule has 94 valence electrons. The highest BCUT2D eigenvalue weighted by molar-refractivity contribution is 5.74. The van der Waals surface area contributed by atoms with Crippen molar-refractivity contribution in [3.63, 3.8) is 0 Å². The molecule has 3 N–H and O–H groups in total. The van der Waals surface area contributed by atoms with Crippen molar-refractivity contribution in [1.29, 1.82) is 0 Å². The van der Waals surface area contributed by atoms with E-state index in [2.05, 4.69) is 12.2 Å². The number of rotatable bonds is 4. The number of nitrogens with one attached hydrogen (secondary N) is 1. The molecular weight excluding hydrogens is 202 g/mol. The number of carbonyl (C=O) groups is 1. The first kappa shape index (κ1) is 13.3. The van der Waals surface area contributed by atoms with Gasteiger partial charge in [0.15, 0.2) is 0 Å². The van der Waals surface area contributed by atoms with Gasteiger partial charge in [0.25, 0.3) is 0 Å². The van der Waals surface area contributed by atoms with Gasteiger partial charge in [0, 0.05) is 19.6 Å². The zero-order valence-corrected chi connectivity index (χ0v) is 10.5. The zero-order valence-electron chi connectivity index (χ0n) is 10.5. The lowest BCUT2D eigenvalue weighted by molar-refractivity contribution is 0.194. The van der Waals surface area contributed by atoms with Crippen molar-refractivity contribution >= 4 is 6.03 Å². The van der Waals surface area contributed by atoms with E-state index in [0.29, 0.717) is 18.5 Å². The second kappa shape index (κ2) is 6.74. The predicted molar refractivity (Wildman–Crippen MR) is 66.3 cm³/mol. The van der Waals surface area contributed by atoms with Gasteiger partial charge < -0.3 is 16.0 Å². The Hall–Kier alpha value is -0.770. The number of urea groups is 1. The van der Waals surface area contributed by atoms with Crippen molar-refractivity contribution in [2.75, 3.05) is 20.1 Å². The van der Waals surface area contributed by atoms with Crippen LogP contribution in [0.4, 0.5) is 4.79 Å². The highest BCUT2D eigenvalue weighted by Gasteiger charge is 2.18. The predicted octanol–water partition coefficient (Wildman–Crippen LogP) is 1.56. The van der Waals surface area contributed by atoms with Crippen LogP contribution in [-0.4, -0.2) is 37.1 Å². The standard InChI is InChI=1S/C12H25N3O/c1-10(8-13)9-15(2)12(16)14-11-6-4-3-5-7-11/h10-11H,3-9,13H2,1-2H3,(H,14,16). The van der Waals surface area contributed by atoms with Gasteiger partial charge in [-0.2, -0.15) is 0 Å². The van der Waals surface area contributed by atoms with E-state index < -0.39 is 0 Å². The van der Waals surface area contributed by atoms with Crippen LogP contribution in [0.25, 0.3) is 0 Å². The van der Waals surface area contributed by atoms with Crippen molar-refractivity contribution in [1.82, 2.24) is 10.2 Å². The van der Waals surface area contributed by atoms with Crippen LogP contribution in [0.1, 0.15) is 39.0 Å². The first-order valence-electron chi connectivity index (χ1n) is 6.35. The van der Waals surface area contributed by atoms with Gasteiger partial charge in [-0.25, -0.2) is 4.79 Å². The highest BCUT2D eigenvalue weighted by Crippen LogP contribution is 2.17. The molecule has 0 radical (unpaired) electrons. The summed E-state index contributed by atoms with van der Waals surface area (Å²) in [5, 5.41) is 3.09. The van der Waals surface area contributed by atoms with E-state index in [0.717, 1.165) is 19.4 Å². The van der Waals surface area contributed by atoms with E-state index >= 15 is 0 Å². The van der Waals surface area contributed by atoms with Gasteiger partial charge in [0.05, 0.1) is 0 Å². The maximum atomic E-state index is 11.8. The van der Waals surface area contributed by atoms with Crippen LogP contribution in [0.5, 0.6) is 0 Å². The molecule has 0 bridgehead atoms. The third-order valence-corrected chi connectivity index (χ3v) is 3.27. The van der Waals surface area contributed by atoms with Gasteiger partial charge in [-0.05, 0) is 25.3 Å². The van der Waals surface area contributed by atoms with Crippen LogP contribution in [0.15, 0.2) is 0 Å². The van der Waals surface area contributed by atoms with E-state index in [9.17, 15) is 4.79 Å². The van der Waals surface area contributed by atoms with Crippen LogP contribution >= 0.6 is 0 Å². The molecule has 0 spiro atoms. The number of nitrogens with two attached hydrogens (primary N) is 1. The quantitative estimate of drug-likeness (QED) is 0.765. The molecule has 1 saturated carbocycles. The van der Waals surface area contributed by atoms with E-state index in [-0.39, 0.29) is 6.03 Å². The number of nitrogens with zero attached hydrogens (tertiary/aromatic N) is 1. The minimum Gasteiger partial charge on any atom is -0.335 e. The summed E-state index contributed by atoms with van der Waals surface area (Å²) in [6.45, 7) is 3.42. The van der Waals surface area contributed by atoms with Crippen LogP contribution in [0.3, 0.4) is 0 Å². The molecule has 0 saturated heterocycles. The summed E-state index contributed by atoms with van der Waals surface area (Å²) >= 11 is 0. The van der Waals surface area contributed by atoms with Gasteiger partial charge in [-0.15, -0.1) is 0 Å². The fourth-order valence-corrected chi connectivity index (χ4v) is 2.16. The minimum atomic E-state index is 0.0483. The summed E-state index contributed by atoms with van der Waals surface area (Å²) in [6.07, 6.45) is 6.06. The Balaban J connectivity index is 2.27. The Bertz CT molecular complexity index is 214. The summed E-state index contributed by atoms with van der Waals surface area (Å²) in [4.78, 5) is 13.6. The number of hydrogen-bond donors (Lipinski definition) is 2. The second-order valence-corrected chi connectivity index (χ2v) is 5.01. The SMILES string of the molecule is CC(CN)CN(C)C(=O)NC1CCCCC1. The normalized spacial score (nSPS) is 19.2. The molecular formula is C12H25N3O. The van der Waals surface area contributed by atoms with Crippen LogP contribution in [0, 0.1) is 5.92 Å². The molecule has 1 atom stereocenters. The molecule has 1 aliphatic carbocycles. The highest BCUT2D eigenvalue weighted by atomic mass is 16.2. The van der Waals surface area contributed by atoms with Gasteiger partial charge >= 0.3 is 6.03 Å². The summed E-state index contributed by atoms with van der Waals surface area (Å²) in [5.41, 5.74) is 5.55. The number of hydrogen-bond acceptors (Lipinski definition) is 2. The number of amides is 2. The molecule has 4 nitrogen and oxygen atoms in total. The first-order chi connectivity index (χ1) is 7.63. The van der Waals surface area contributed by atoms with Gasteiger partial charge in [-0.3, -0.25) is 0 Å². The van der Waals surface area contributed by atoms with Crippen molar-refractivity contribution in [2.45, 2.75) is 45.1 Å². The second-order valence-electron chi connectivity index (χ2n) is 5.01. The van der Waals surface area contributed by atoms with Gasteiger partial charge in [-0.1, -0.05) is 26.2 Å². The molecule has 0 heterocycles. The molecule has 16 heavy (non-hydrogen) atoms. The number of carbonyl (C=O) groups excluding carboxylic acids is 1. The van der Waals surface area contributed by atoms with Crippen molar-refractivity contribution in [3.8, 4) is 0 Å². The van der Waals surface area contributed by atoms with Crippen molar-refractivity contribution < 1.29 is 4.79 Å². The minimum absolute atomic E-state index is 0.0483. The lowest BCUT2D eigenvalue weighted by Gasteiger charge is -2.27. The summed E-state index contributed by atoms with van der Waals surface area (Å²) < 4.78 is 0. The smallest absolute Gasteiger partial charge is 0.317 e. The van der Waals surface area contributed by atoms with Crippen LogP contribution < -0.4 is 11.1 Å². The largest absolute Gasteiger partial charge is 0.335 e. The lowest BCUT2D eigenvalue weighted by atomic mass is 9.96. The van der Waals surface area contributed by atoms with Crippen LogP contribution in [0.2, 0.25) is 0 Å². The monoisotopic (exact) mass is 227 g/mol. The third-order valence-electron chi connectivity index (χ3n) is 3.27. The molecule has 0 aromatic carbocycles. The summed E-state index contributed by atoms with van der Waals surface area (Å²) in [5.74, 6) is 0.363. The Kier molecular flexibility index (Phi) is 5.60. The molecule has 1 unspecified atom stereocenters. The van der Waals surface area contributed by atoms with Crippen molar-refractivity contribution in [3.05, 3.63) is 0 Å². The molecule has 1 aliphatic rings. The average Bonchev–Trinajstić information content (AvgIpc) is 2.30. The molecule has 0 aromatic rings. The topological polar surface area (TPSA) is 58.4 Å². The Morgan fingerprint density at radius 1 is 1.44 bits per heavy atom. The van der Waals surface area contributed by atoms with E-state index in [1.807, 2.05) is 7.05 Å². The summed E-state index contributed by atoms with van der Waals surface area (Å²) in [6, 6.07) is 0.434. The molecule has 2 amide bonds. The maximum Gasteiger partial charge on any atom is 0.317 e. The average molecular weight is 227 g/mol. The fraction of sp³-hybridized carbons (Fsp3) is 0.917. The zero-order chi connectivity index (χ0) is 12.0. The van der Waals surface area contributed by atoms with E-state index in [1.165, 1.54) is 19.3 Å². The summed E-state index contributed by atoms with van der Waals surface area (Å²) in [7, 11) is 1.84. The Morgan fingerprint density at radius 2 is 2.06 bits per heavy atom. The van der Waals surface area contributed by atoms with Gasteiger partial charge in [0.2, 0.25) is 0 Å². The van der Waals surface area contributed by atoms with Crippen LogP contribution in [-0.2, 0) is 0 Å². The molecule has 0 aromatic heterocycles. The molecule has 1 fully saturated rings. The first-order valence-corrected chi connectivity index (χ1v) is 6.35. The third kappa shape index (κ3) is 4.39. The fourth-order valence-electron chi connectivity index (χ4n) is 2.16. The lowest BCUT2D eigenvalue weighted by Crippen LogP contribution is -2.45. The molecule has 1 rings (SSSR count). The van der Waals surface area contributed by atoms with Crippen molar-refractivity contribution in [2.24, 2.45) is 11.7 Å². The molecule has 4 heteroatoms.